The minimum atomic E-state index is -3.88. The van der Waals surface area contributed by atoms with Gasteiger partial charge in [-0.15, -0.1) is 6.58 Å². The van der Waals surface area contributed by atoms with E-state index in [9.17, 15) is 22.4 Å². The molecule has 138 valence electrons. The Balaban J connectivity index is 2.48. The number of rotatable bonds is 11. The van der Waals surface area contributed by atoms with Crippen LogP contribution in [0.4, 0.5) is 4.39 Å². The summed E-state index contributed by atoms with van der Waals surface area (Å²) in [5.74, 6) is -2.50. The van der Waals surface area contributed by atoms with Gasteiger partial charge in [0.2, 0.25) is 15.9 Å². The van der Waals surface area contributed by atoms with E-state index >= 15 is 0 Å². The molecule has 1 atom stereocenters. The fraction of sp³-hybridized carbons (Fsp3) is 0.333. The molecule has 0 bridgehead atoms. The minimum absolute atomic E-state index is 0.136. The van der Waals surface area contributed by atoms with Crippen molar-refractivity contribution in [1.29, 1.82) is 0 Å². The summed E-state index contributed by atoms with van der Waals surface area (Å²) in [6.45, 7) is 3.06. The van der Waals surface area contributed by atoms with E-state index in [-0.39, 0.29) is 31.1 Å². The van der Waals surface area contributed by atoms with Gasteiger partial charge in [0, 0.05) is 13.0 Å². The Kier molecular flexibility index (Phi) is 8.19. The quantitative estimate of drug-likeness (QED) is 0.377. The van der Waals surface area contributed by atoms with E-state index in [1.165, 1.54) is 6.08 Å². The van der Waals surface area contributed by atoms with E-state index in [4.69, 9.17) is 9.84 Å². The van der Waals surface area contributed by atoms with Crippen LogP contribution >= 0.6 is 0 Å². The lowest BCUT2D eigenvalue weighted by Crippen LogP contribution is -2.44. The van der Waals surface area contributed by atoms with Crippen molar-refractivity contribution in [3.05, 3.63) is 42.7 Å². The molecule has 0 aliphatic carbocycles. The highest BCUT2D eigenvalue weighted by Crippen LogP contribution is 2.09. The number of carbonyl (C=O) groups is 2. The van der Waals surface area contributed by atoms with Gasteiger partial charge in [0.25, 0.3) is 0 Å². The standard InChI is InChI=1S/C15H19FN2O6S/c1-2-9-24-10-13(15(20)21)18-14(19)7-8-17-25(22,23)12-5-3-11(16)4-6-12/h2-6,13,17H,1,7-10H2,(H,18,19)(H,20,21). The summed E-state index contributed by atoms with van der Waals surface area (Å²) in [5, 5.41) is 11.2. The number of carbonyl (C=O) groups excluding carboxylic acids is 1. The summed E-state index contributed by atoms with van der Waals surface area (Å²) < 4.78 is 43.8. The van der Waals surface area contributed by atoms with E-state index in [1.54, 1.807) is 0 Å². The zero-order chi connectivity index (χ0) is 18.9. The fourth-order valence-corrected chi connectivity index (χ4v) is 2.74. The van der Waals surface area contributed by atoms with Crippen molar-refractivity contribution in [2.45, 2.75) is 17.4 Å². The maximum Gasteiger partial charge on any atom is 0.328 e. The van der Waals surface area contributed by atoms with Crippen molar-refractivity contribution in [2.75, 3.05) is 19.8 Å². The lowest BCUT2D eigenvalue weighted by Gasteiger charge is -2.14. The lowest BCUT2D eigenvalue weighted by molar-refractivity contribution is -0.143. The zero-order valence-corrected chi connectivity index (χ0v) is 14.1. The van der Waals surface area contributed by atoms with Gasteiger partial charge in [-0.25, -0.2) is 22.3 Å². The number of carboxylic acid groups (broad SMARTS) is 1. The first-order chi connectivity index (χ1) is 11.8. The van der Waals surface area contributed by atoms with E-state index in [0.717, 1.165) is 24.3 Å². The molecule has 0 radical (unpaired) electrons. The van der Waals surface area contributed by atoms with Crippen molar-refractivity contribution in [1.82, 2.24) is 10.0 Å². The average molecular weight is 374 g/mol. The predicted molar refractivity (Wildman–Crippen MR) is 86.8 cm³/mol. The first-order valence-corrected chi connectivity index (χ1v) is 8.70. The van der Waals surface area contributed by atoms with E-state index in [0.29, 0.717) is 0 Å². The molecule has 0 spiro atoms. The second-order valence-electron chi connectivity index (χ2n) is 4.89. The first kappa shape index (κ1) is 20.7. The molecule has 0 fully saturated rings. The van der Waals surface area contributed by atoms with Gasteiger partial charge in [0.1, 0.15) is 5.82 Å². The Hall–Kier alpha value is -2.30. The molecular weight excluding hydrogens is 355 g/mol. The number of nitrogens with one attached hydrogen (secondary N) is 2. The Labute approximate surface area is 144 Å². The number of sulfonamides is 1. The molecule has 0 heterocycles. The monoisotopic (exact) mass is 374 g/mol. The third-order valence-electron chi connectivity index (χ3n) is 2.92. The molecule has 1 aromatic rings. The largest absolute Gasteiger partial charge is 0.480 e. The van der Waals surface area contributed by atoms with Gasteiger partial charge < -0.3 is 15.2 Å². The van der Waals surface area contributed by atoms with Crippen LogP contribution in [0.25, 0.3) is 0 Å². The Morgan fingerprint density at radius 1 is 1.32 bits per heavy atom. The molecule has 10 heteroatoms. The fourth-order valence-electron chi connectivity index (χ4n) is 1.71. The van der Waals surface area contributed by atoms with Crippen molar-refractivity contribution >= 4 is 21.9 Å². The second kappa shape index (κ2) is 9.87. The number of amides is 1. The van der Waals surface area contributed by atoms with Crippen molar-refractivity contribution in [2.24, 2.45) is 0 Å². The van der Waals surface area contributed by atoms with Crippen LogP contribution in [0.2, 0.25) is 0 Å². The third-order valence-corrected chi connectivity index (χ3v) is 4.40. The molecular formula is C15H19FN2O6S. The summed E-state index contributed by atoms with van der Waals surface area (Å²) in [7, 11) is -3.88. The number of ether oxygens (including phenoxy) is 1. The zero-order valence-electron chi connectivity index (χ0n) is 13.3. The van der Waals surface area contributed by atoms with Crippen LogP contribution in [0.5, 0.6) is 0 Å². The van der Waals surface area contributed by atoms with Gasteiger partial charge >= 0.3 is 5.97 Å². The highest BCUT2D eigenvalue weighted by Gasteiger charge is 2.20. The van der Waals surface area contributed by atoms with Crippen LogP contribution in [-0.2, 0) is 24.3 Å². The first-order valence-electron chi connectivity index (χ1n) is 7.22. The molecule has 3 N–H and O–H groups in total. The number of hydrogen-bond acceptors (Lipinski definition) is 5. The van der Waals surface area contributed by atoms with Gasteiger partial charge in [-0.05, 0) is 24.3 Å². The van der Waals surface area contributed by atoms with Crippen LogP contribution in [0, 0.1) is 5.82 Å². The molecule has 25 heavy (non-hydrogen) atoms. The molecule has 1 amide bonds. The highest BCUT2D eigenvalue weighted by molar-refractivity contribution is 7.89. The molecule has 1 unspecified atom stereocenters. The van der Waals surface area contributed by atoms with E-state index < -0.39 is 33.8 Å². The highest BCUT2D eigenvalue weighted by atomic mass is 32.2. The van der Waals surface area contributed by atoms with Crippen molar-refractivity contribution in [3.63, 3.8) is 0 Å². The van der Waals surface area contributed by atoms with Gasteiger partial charge in [-0.2, -0.15) is 0 Å². The Bertz CT molecular complexity index is 705. The average Bonchev–Trinajstić information content (AvgIpc) is 2.54. The molecule has 0 aliphatic rings. The number of halogens is 1. The smallest absolute Gasteiger partial charge is 0.328 e. The number of benzene rings is 1. The number of hydrogen-bond donors (Lipinski definition) is 3. The van der Waals surface area contributed by atoms with Crippen LogP contribution < -0.4 is 10.0 Å². The number of carboxylic acids is 1. The predicted octanol–water partition coefficient (Wildman–Crippen LogP) is 0.266. The second-order valence-corrected chi connectivity index (χ2v) is 6.65. The van der Waals surface area contributed by atoms with E-state index in [2.05, 4.69) is 16.6 Å². The molecule has 0 saturated carbocycles. The van der Waals surface area contributed by atoms with Crippen molar-refractivity contribution in [3.8, 4) is 0 Å². The third kappa shape index (κ3) is 7.42. The maximum atomic E-state index is 12.8. The SMILES string of the molecule is C=CCOCC(NC(=O)CCNS(=O)(=O)c1ccc(F)cc1)C(=O)O. The van der Waals surface area contributed by atoms with Crippen LogP contribution in [0.3, 0.4) is 0 Å². The lowest BCUT2D eigenvalue weighted by atomic mass is 10.3. The van der Waals surface area contributed by atoms with Crippen LogP contribution in [-0.4, -0.2) is 51.2 Å². The molecule has 1 aromatic carbocycles. The van der Waals surface area contributed by atoms with Crippen molar-refractivity contribution < 1.29 is 32.2 Å². The molecule has 1 rings (SSSR count). The summed E-state index contributed by atoms with van der Waals surface area (Å²) in [4.78, 5) is 22.6. The normalized spacial score (nSPS) is 12.4. The summed E-state index contributed by atoms with van der Waals surface area (Å²) in [5.41, 5.74) is 0. The molecule has 8 nitrogen and oxygen atoms in total. The van der Waals surface area contributed by atoms with Gasteiger partial charge in [-0.1, -0.05) is 6.08 Å². The summed E-state index contributed by atoms with van der Waals surface area (Å²) in [6.07, 6.45) is 1.16. The van der Waals surface area contributed by atoms with Gasteiger partial charge in [0.05, 0.1) is 18.1 Å². The van der Waals surface area contributed by atoms with Gasteiger partial charge in [-0.3, -0.25) is 4.79 Å². The molecule has 0 aliphatic heterocycles. The number of aliphatic carboxylic acids is 1. The van der Waals surface area contributed by atoms with Crippen LogP contribution in [0.15, 0.2) is 41.8 Å². The topological polar surface area (TPSA) is 122 Å². The molecule has 0 saturated heterocycles. The molecule has 0 aromatic heterocycles. The maximum absolute atomic E-state index is 12.8. The summed E-state index contributed by atoms with van der Waals surface area (Å²) in [6, 6.07) is 2.94. The minimum Gasteiger partial charge on any atom is -0.480 e. The summed E-state index contributed by atoms with van der Waals surface area (Å²) >= 11 is 0. The Morgan fingerprint density at radius 3 is 2.52 bits per heavy atom. The van der Waals surface area contributed by atoms with E-state index in [1.807, 2.05) is 0 Å². The van der Waals surface area contributed by atoms with Gasteiger partial charge in [0.15, 0.2) is 6.04 Å². The Morgan fingerprint density at radius 2 is 1.96 bits per heavy atom. The van der Waals surface area contributed by atoms with Crippen LogP contribution in [0.1, 0.15) is 6.42 Å².